The van der Waals surface area contributed by atoms with Crippen LogP contribution >= 0.6 is 0 Å². The molecule has 6 heteroatoms. The zero-order chi connectivity index (χ0) is 18.8. The lowest BCUT2D eigenvalue weighted by molar-refractivity contribution is 0.240. The van der Waals surface area contributed by atoms with Crippen LogP contribution in [0.1, 0.15) is 30.5 Å². The fraction of sp³-hybridized carbons (Fsp3) is 0.400. The number of urea groups is 1. The van der Waals surface area contributed by atoms with Gasteiger partial charge in [-0.05, 0) is 35.8 Å². The van der Waals surface area contributed by atoms with Crippen LogP contribution in [0.25, 0.3) is 0 Å². The summed E-state index contributed by atoms with van der Waals surface area (Å²) in [6.07, 6.45) is 1.66. The van der Waals surface area contributed by atoms with Crippen LogP contribution in [-0.2, 0) is 19.6 Å². The van der Waals surface area contributed by atoms with Gasteiger partial charge in [0.25, 0.3) is 0 Å². The smallest absolute Gasteiger partial charge is 0.315 e. The lowest BCUT2D eigenvalue weighted by Crippen LogP contribution is -2.35. The predicted octanol–water partition coefficient (Wildman–Crippen LogP) is 2.93. The first-order valence-corrected chi connectivity index (χ1v) is 8.96. The molecule has 0 spiro atoms. The molecule has 2 N–H and O–H groups in total. The average Bonchev–Trinajstić information content (AvgIpc) is 2.69. The highest BCUT2D eigenvalue weighted by Gasteiger charge is 2.08. The maximum absolute atomic E-state index is 12.1. The van der Waals surface area contributed by atoms with E-state index in [0.29, 0.717) is 19.0 Å². The van der Waals surface area contributed by atoms with E-state index in [-0.39, 0.29) is 6.03 Å². The Balaban J connectivity index is 1.87. The summed E-state index contributed by atoms with van der Waals surface area (Å²) in [7, 11) is 1.57. The van der Waals surface area contributed by atoms with Crippen molar-refractivity contribution in [3.63, 3.8) is 0 Å². The SMILES string of the molecule is CCN(CC)Cc1ccccc1CNC(=O)NCc1ccnc(OC)c1. The number of nitrogens with zero attached hydrogens (tertiary/aromatic N) is 2. The van der Waals surface area contributed by atoms with Crippen LogP contribution in [-0.4, -0.2) is 36.1 Å². The number of carbonyl (C=O) groups excluding carboxylic acids is 1. The van der Waals surface area contributed by atoms with E-state index >= 15 is 0 Å². The molecule has 1 aromatic heterocycles. The highest BCUT2D eigenvalue weighted by molar-refractivity contribution is 5.73. The molecule has 2 aromatic rings. The fourth-order valence-electron chi connectivity index (χ4n) is 2.66. The van der Waals surface area contributed by atoms with Gasteiger partial charge in [0.15, 0.2) is 0 Å². The van der Waals surface area contributed by atoms with Gasteiger partial charge < -0.3 is 15.4 Å². The second-order valence-corrected chi connectivity index (χ2v) is 5.97. The van der Waals surface area contributed by atoms with E-state index in [9.17, 15) is 4.79 Å². The van der Waals surface area contributed by atoms with Crippen molar-refractivity contribution in [2.45, 2.75) is 33.5 Å². The second kappa shape index (κ2) is 10.4. The summed E-state index contributed by atoms with van der Waals surface area (Å²) in [5.41, 5.74) is 3.32. The van der Waals surface area contributed by atoms with Crippen LogP contribution in [0, 0.1) is 0 Å². The third-order valence-corrected chi connectivity index (χ3v) is 4.31. The third kappa shape index (κ3) is 6.04. The average molecular weight is 356 g/mol. The number of hydrogen-bond acceptors (Lipinski definition) is 4. The van der Waals surface area contributed by atoms with Crippen molar-refractivity contribution in [2.75, 3.05) is 20.2 Å². The minimum absolute atomic E-state index is 0.196. The number of hydrogen-bond donors (Lipinski definition) is 2. The van der Waals surface area contributed by atoms with Gasteiger partial charge >= 0.3 is 6.03 Å². The normalized spacial score (nSPS) is 10.6. The minimum atomic E-state index is -0.196. The topological polar surface area (TPSA) is 66.5 Å². The monoisotopic (exact) mass is 356 g/mol. The molecule has 0 saturated heterocycles. The van der Waals surface area contributed by atoms with Crippen LogP contribution in [0.15, 0.2) is 42.6 Å². The lowest BCUT2D eigenvalue weighted by Gasteiger charge is -2.20. The molecule has 1 aromatic carbocycles. The quantitative estimate of drug-likeness (QED) is 0.725. The maximum atomic E-state index is 12.1. The Labute approximate surface area is 155 Å². The highest BCUT2D eigenvalue weighted by Crippen LogP contribution is 2.12. The second-order valence-electron chi connectivity index (χ2n) is 5.97. The predicted molar refractivity (Wildman–Crippen MR) is 103 cm³/mol. The van der Waals surface area contributed by atoms with Crippen LogP contribution in [0.3, 0.4) is 0 Å². The Morgan fingerprint density at radius 3 is 2.46 bits per heavy atom. The molecule has 2 amide bonds. The van der Waals surface area contributed by atoms with E-state index in [0.717, 1.165) is 30.8 Å². The number of methoxy groups -OCH3 is 1. The van der Waals surface area contributed by atoms with E-state index in [4.69, 9.17) is 4.74 Å². The van der Waals surface area contributed by atoms with Crippen LogP contribution in [0.5, 0.6) is 5.88 Å². The number of nitrogens with one attached hydrogen (secondary N) is 2. The van der Waals surface area contributed by atoms with E-state index < -0.39 is 0 Å². The molecule has 26 heavy (non-hydrogen) atoms. The molecular formula is C20H28N4O2. The Kier molecular flexibility index (Phi) is 7.89. The molecule has 0 atom stereocenters. The van der Waals surface area contributed by atoms with E-state index in [1.807, 2.05) is 18.2 Å². The molecule has 0 aliphatic rings. The van der Waals surface area contributed by atoms with Crippen molar-refractivity contribution in [2.24, 2.45) is 0 Å². The van der Waals surface area contributed by atoms with Crippen LogP contribution < -0.4 is 15.4 Å². The van der Waals surface area contributed by atoms with E-state index in [1.54, 1.807) is 19.4 Å². The highest BCUT2D eigenvalue weighted by atomic mass is 16.5. The molecule has 140 valence electrons. The lowest BCUT2D eigenvalue weighted by atomic mass is 10.1. The van der Waals surface area contributed by atoms with Gasteiger partial charge in [-0.25, -0.2) is 9.78 Å². The van der Waals surface area contributed by atoms with Gasteiger partial charge in [0, 0.05) is 31.9 Å². The number of amides is 2. The molecule has 0 bridgehead atoms. The summed E-state index contributed by atoms with van der Waals surface area (Å²) >= 11 is 0. The molecule has 0 saturated carbocycles. The Morgan fingerprint density at radius 1 is 1.08 bits per heavy atom. The van der Waals surface area contributed by atoms with E-state index in [2.05, 4.69) is 46.5 Å². The number of aromatic nitrogens is 1. The minimum Gasteiger partial charge on any atom is -0.481 e. The molecule has 0 aliphatic heterocycles. The zero-order valence-electron chi connectivity index (χ0n) is 15.8. The summed E-state index contributed by atoms with van der Waals surface area (Å²) in [5.74, 6) is 0.537. The van der Waals surface area contributed by atoms with Crippen molar-refractivity contribution < 1.29 is 9.53 Å². The van der Waals surface area contributed by atoms with Crippen molar-refractivity contribution in [3.8, 4) is 5.88 Å². The van der Waals surface area contributed by atoms with Gasteiger partial charge in [0.05, 0.1) is 7.11 Å². The molecule has 0 radical (unpaired) electrons. The zero-order valence-corrected chi connectivity index (χ0v) is 15.8. The van der Waals surface area contributed by atoms with Gasteiger partial charge in [-0.2, -0.15) is 0 Å². The summed E-state index contributed by atoms with van der Waals surface area (Å²) in [5, 5.41) is 5.79. The van der Waals surface area contributed by atoms with Crippen molar-refractivity contribution in [1.29, 1.82) is 0 Å². The Bertz CT molecular complexity index is 702. The van der Waals surface area contributed by atoms with Crippen LogP contribution in [0.2, 0.25) is 0 Å². The number of rotatable bonds is 9. The van der Waals surface area contributed by atoms with E-state index in [1.165, 1.54) is 5.56 Å². The summed E-state index contributed by atoms with van der Waals surface area (Å²) in [6.45, 7) is 8.15. The number of pyridine rings is 1. The Hall–Kier alpha value is -2.60. The summed E-state index contributed by atoms with van der Waals surface area (Å²) < 4.78 is 5.09. The Morgan fingerprint density at radius 2 is 1.77 bits per heavy atom. The van der Waals surface area contributed by atoms with Crippen molar-refractivity contribution >= 4 is 6.03 Å². The molecule has 6 nitrogen and oxygen atoms in total. The standard InChI is InChI=1S/C20H28N4O2/c1-4-24(5-2)15-18-9-7-6-8-17(18)14-23-20(25)22-13-16-10-11-21-19(12-16)26-3/h6-12H,4-5,13-15H2,1-3H3,(H2,22,23,25). The number of ether oxygens (including phenoxy) is 1. The molecule has 2 rings (SSSR count). The fourth-order valence-corrected chi connectivity index (χ4v) is 2.66. The van der Waals surface area contributed by atoms with Gasteiger partial charge in [0.1, 0.15) is 0 Å². The van der Waals surface area contributed by atoms with Gasteiger partial charge in [-0.15, -0.1) is 0 Å². The first kappa shape index (κ1) is 19.7. The first-order chi connectivity index (χ1) is 12.7. The molecule has 1 heterocycles. The van der Waals surface area contributed by atoms with Gasteiger partial charge in [-0.1, -0.05) is 38.1 Å². The molecule has 0 fully saturated rings. The molecule has 0 unspecified atom stereocenters. The van der Waals surface area contributed by atoms with Gasteiger partial charge in [-0.3, -0.25) is 4.90 Å². The first-order valence-electron chi connectivity index (χ1n) is 8.96. The number of carbonyl (C=O) groups is 1. The molecular weight excluding hydrogens is 328 g/mol. The largest absolute Gasteiger partial charge is 0.481 e. The van der Waals surface area contributed by atoms with Crippen LogP contribution in [0.4, 0.5) is 4.79 Å². The summed E-state index contributed by atoms with van der Waals surface area (Å²) in [4.78, 5) is 18.5. The van der Waals surface area contributed by atoms with Gasteiger partial charge in [0.2, 0.25) is 5.88 Å². The van der Waals surface area contributed by atoms with Crippen molar-refractivity contribution in [3.05, 3.63) is 59.3 Å². The molecule has 0 aliphatic carbocycles. The summed E-state index contributed by atoms with van der Waals surface area (Å²) in [6, 6.07) is 11.7. The van der Waals surface area contributed by atoms with Crippen molar-refractivity contribution in [1.82, 2.24) is 20.5 Å². The maximum Gasteiger partial charge on any atom is 0.315 e. The third-order valence-electron chi connectivity index (χ3n) is 4.31. The number of benzene rings is 1.